The lowest BCUT2D eigenvalue weighted by Gasteiger charge is -2.50. The van der Waals surface area contributed by atoms with Crippen molar-refractivity contribution in [3.05, 3.63) is 40.5 Å². The molecule has 4 rings (SSSR count). The minimum absolute atomic E-state index is 0.0721. The van der Waals surface area contributed by atoms with Crippen molar-refractivity contribution < 1.29 is 23.1 Å². The van der Waals surface area contributed by atoms with Gasteiger partial charge in [-0.15, -0.1) is 0 Å². The highest BCUT2D eigenvalue weighted by Gasteiger charge is 2.40. The van der Waals surface area contributed by atoms with Crippen molar-refractivity contribution in [2.24, 2.45) is 16.8 Å². The van der Waals surface area contributed by atoms with Gasteiger partial charge in [-0.1, -0.05) is 5.11 Å². The summed E-state index contributed by atoms with van der Waals surface area (Å²) in [7, 11) is 0. The van der Waals surface area contributed by atoms with Crippen molar-refractivity contribution in [2.75, 3.05) is 31.1 Å². The Bertz CT molecular complexity index is 1110. The van der Waals surface area contributed by atoms with E-state index in [9.17, 15) is 23.1 Å². The van der Waals surface area contributed by atoms with Gasteiger partial charge in [-0.05, 0) is 55.3 Å². The number of alkyl halides is 3. The van der Waals surface area contributed by atoms with E-state index in [1.54, 1.807) is 4.90 Å². The first-order chi connectivity index (χ1) is 16.7. The largest absolute Gasteiger partial charge is 0.416 e. The van der Waals surface area contributed by atoms with Crippen molar-refractivity contribution in [2.45, 2.75) is 50.0 Å². The first-order valence-corrected chi connectivity index (χ1v) is 11.5. The molecule has 35 heavy (non-hydrogen) atoms. The molecule has 2 fully saturated rings. The van der Waals surface area contributed by atoms with Gasteiger partial charge in [0.15, 0.2) is 0 Å². The number of hydrogen-bond donors (Lipinski definition) is 2. The fourth-order valence-electron chi connectivity index (χ4n) is 5.10. The van der Waals surface area contributed by atoms with Crippen LogP contribution in [0.25, 0.3) is 21.3 Å². The lowest BCUT2D eigenvalue weighted by molar-refractivity contribution is -0.137. The molecule has 0 spiro atoms. The van der Waals surface area contributed by atoms with Crippen LogP contribution in [-0.4, -0.2) is 70.2 Å². The van der Waals surface area contributed by atoms with E-state index in [0.717, 1.165) is 37.8 Å². The molecule has 2 heterocycles. The molecule has 2 aliphatic rings. The van der Waals surface area contributed by atoms with Crippen LogP contribution in [0.15, 0.2) is 29.6 Å². The zero-order valence-corrected chi connectivity index (χ0v) is 19.0. The number of carbonyl (C=O) groups excluding carboxylic acids is 1. The van der Waals surface area contributed by atoms with E-state index in [2.05, 4.69) is 24.9 Å². The molecule has 0 bridgehead atoms. The molecular weight excluding hydrogens is 465 g/mol. The zero-order valence-electron chi connectivity index (χ0n) is 19.0. The zero-order chi connectivity index (χ0) is 25.2. The van der Waals surface area contributed by atoms with Crippen LogP contribution in [0.5, 0.6) is 0 Å². The molecule has 0 radical (unpaired) electrons. The third-order valence-electron chi connectivity index (χ3n) is 7.01. The lowest BCUT2D eigenvalue weighted by Crippen LogP contribution is -2.64. The molecule has 1 unspecified atom stereocenters. The number of hydrogen-bond acceptors (Lipinski definition) is 7. The number of likely N-dealkylation sites (tertiary alicyclic amines) is 1. The molecule has 1 saturated carbocycles. The molecule has 1 atom stereocenters. The molecule has 2 aromatic rings. The van der Waals surface area contributed by atoms with Gasteiger partial charge in [-0.25, -0.2) is 9.97 Å². The summed E-state index contributed by atoms with van der Waals surface area (Å²) in [6.45, 7) is 1.14. The van der Waals surface area contributed by atoms with Crippen molar-refractivity contribution in [3.63, 3.8) is 0 Å². The summed E-state index contributed by atoms with van der Waals surface area (Å²) >= 11 is 0. The maximum absolute atomic E-state index is 13.3. The van der Waals surface area contributed by atoms with Gasteiger partial charge in [0, 0.05) is 29.4 Å². The number of primary amides is 1. The Hall–Kier alpha value is -3.15. The maximum Gasteiger partial charge on any atom is 0.416 e. The van der Waals surface area contributed by atoms with Crippen LogP contribution in [0.3, 0.4) is 0 Å². The molecule has 10 nitrogen and oxygen atoms in total. The van der Waals surface area contributed by atoms with Crippen LogP contribution in [0.1, 0.15) is 31.2 Å². The number of aliphatic hydroxyl groups is 1. The normalized spacial score (nSPS) is 22.3. The first-order valence-electron chi connectivity index (χ1n) is 11.5. The number of aromatic nitrogens is 2. The van der Waals surface area contributed by atoms with Crippen LogP contribution in [0.4, 0.5) is 19.0 Å². The van der Waals surface area contributed by atoms with Crippen molar-refractivity contribution >= 4 is 22.6 Å². The van der Waals surface area contributed by atoms with Gasteiger partial charge < -0.3 is 15.7 Å². The molecule has 13 heteroatoms. The van der Waals surface area contributed by atoms with E-state index in [4.69, 9.17) is 11.3 Å². The molecule has 1 aliphatic carbocycles. The summed E-state index contributed by atoms with van der Waals surface area (Å²) < 4.78 is 40.0. The van der Waals surface area contributed by atoms with E-state index in [1.807, 2.05) is 0 Å². The minimum Gasteiger partial charge on any atom is -0.393 e. The van der Waals surface area contributed by atoms with Crippen LogP contribution < -0.4 is 10.6 Å². The van der Waals surface area contributed by atoms with Gasteiger partial charge >= 0.3 is 6.18 Å². The summed E-state index contributed by atoms with van der Waals surface area (Å²) in [5.41, 5.74) is 13.4. The number of aliphatic hydroxyl groups excluding tert-OH is 1. The highest BCUT2D eigenvalue weighted by Crippen LogP contribution is 2.36. The van der Waals surface area contributed by atoms with E-state index in [1.165, 1.54) is 12.4 Å². The molecule has 1 aromatic carbocycles. The molecule has 3 N–H and O–H groups in total. The summed E-state index contributed by atoms with van der Waals surface area (Å²) in [5, 5.41) is 13.8. The van der Waals surface area contributed by atoms with Crippen molar-refractivity contribution in [1.29, 1.82) is 0 Å². The van der Waals surface area contributed by atoms with Gasteiger partial charge in [-0.2, -0.15) is 13.2 Å². The number of fused-ring (bicyclic) bond motifs is 1. The van der Waals surface area contributed by atoms with Gasteiger partial charge in [0.1, 0.15) is 12.1 Å². The lowest BCUT2D eigenvalue weighted by atomic mass is 9.81. The smallest absolute Gasteiger partial charge is 0.393 e. The van der Waals surface area contributed by atoms with Gasteiger partial charge in [0.05, 0.1) is 36.3 Å². The third kappa shape index (κ3) is 5.58. The monoisotopic (exact) mass is 492 g/mol. The number of benzene rings is 1. The fourth-order valence-corrected chi connectivity index (χ4v) is 5.10. The number of nitrogens with two attached hydrogens (primary N) is 1. The predicted octanol–water partition coefficient (Wildman–Crippen LogP) is 2.85. The Balaban J connectivity index is 1.47. The number of azide groups is 1. The van der Waals surface area contributed by atoms with Crippen LogP contribution >= 0.6 is 0 Å². The summed E-state index contributed by atoms with van der Waals surface area (Å²) in [4.78, 5) is 26.8. The van der Waals surface area contributed by atoms with Crippen molar-refractivity contribution in [1.82, 2.24) is 14.9 Å². The van der Waals surface area contributed by atoms with Crippen molar-refractivity contribution in [3.8, 4) is 0 Å². The Kier molecular flexibility index (Phi) is 7.29. The molecule has 1 amide bonds. The number of halogens is 3. The average molecular weight is 493 g/mol. The molecular formula is C22H27F3N8O2. The molecule has 1 aromatic heterocycles. The summed E-state index contributed by atoms with van der Waals surface area (Å²) in [6.07, 6.45) is -0.493. The van der Waals surface area contributed by atoms with Gasteiger partial charge in [0.2, 0.25) is 5.91 Å². The molecule has 188 valence electrons. The second-order valence-corrected chi connectivity index (χ2v) is 9.18. The van der Waals surface area contributed by atoms with Crippen LogP contribution in [0.2, 0.25) is 0 Å². The van der Waals surface area contributed by atoms with Gasteiger partial charge in [-0.3, -0.25) is 9.69 Å². The minimum atomic E-state index is -4.52. The Morgan fingerprint density at radius 2 is 2.00 bits per heavy atom. The summed E-state index contributed by atoms with van der Waals surface area (Å²) in [6, 6.07) is 3.46. The van der Waals surface area contributed by atoms with Crippen LogP contribution in [0, 0.1) is 5.92 Å². The molecule has 1 aliphatic heterocycles. The fraction of sp³-hybridized carbons (Fsp3) is 0.591. The standard InChI is InChI=1S/C22H27F3N8O2/c23-22(24,25)14-3-6-18-17(7-14)21(29-12-28-18)33(11-20(26)35)16-9-32(10-16)15-4-1-13(2-5-15)19(34)8-30-31-27/h3,6-7,12-13,15-16,19,34H,1-2,4-5,8-11H2,(H2,26,35). The second-order valence-electron chi connectivity index (χ2n) is 9.18. The topological polar surface area (TPSA) is 144 Å². The second kappa shape index (κ2) is 10.2. The highest BCUT2D eigenvalue weighted by molar-refractivity contribution is 5.92. The van der Waals surface area contributed by atoms with E-state index >= 15 is 0 Å². The quantitative estimate of drug-likeness (QED) is 0.329. The average Bonchev–Trinajstić information content (AvgIpc) is 2.80. The maximum atomic E-state index is 13.3. The SMILES string of the molecule is [N-]=[N+]=NCC(O)C1CCC(N2CC(N(CC(N)=O)c3ncnc4ccc(C(F)(F)F)cc34)C2)CC1. The van der Waals surface area contributed by atoms with E-state index in [-0.39, 0.29) is 36.3 Å². The third-order valence-corrected chi connectivity index (χ3v) is 7.01. The van der Waals surface area contributed by atoms with E-state index < -0.39 is 23.8 Å². The predicted molar refractivity (Wildman–Crippen MR) is 122 cm³/mol. The number of nitrogens with zero attached hydrogens (tertiary/aromatic N) is 7. The van der Waals surface area contributed by atoms with Crippen LogP contribution in [-0.2, 0) is 11.0 Å². The number of amides is 1. The number of anilines is 1. The van der Waals surface area contributed by atoms with E-state index in [0.29, 0.717) is 24.6 Å². The summed E-state index contributed by atoms with van der Waals surface area (Å²) in [5.74, 6) is -0.249. The highest BCUT2D eigenvalue weighted by atomic mass is 19.4. The van der Waals surface area contributed by atoms with Gasteiger partial charge in [0.25, 0.3) is 0 Å². The molecule has 1 saturated heterocycles. The Labute approximate surface area is 199 Å². The Morgan fingerprint density at radius 3 is 2.63 bits per heavy atom. The Morgan fingerprint density at radius 1 is 1.29 bits per heavy atom. The number of rotatable bonds is 8. The first kappa shape index (κ1) is 25.0. The number of carbonyl (C=O) groups is 1.